The summed E-state index contributed by atoms with van der Waals surface area (Å²) in [6.07, 6.45) is 3.29. The van der Waals surface area contributed by atoms with Crippen LogP contribution in [0.1, 0.15) is 46.8 Å². The van der Waals surface area contributed by atoms with Crippen LogP contribution in [0.4, 0.5) is 4.79 Å². The number of hydrogen-bond donors (Lipinski definition) is 2. The molecule has 3 aliphatic rings. The minimum Gasteiger partial charge on any atom is -0.338 e. The second kappa shape index (κ2) is 4.81. The average molecular weight is 319 g/mol. The molecule has 116 valence electrons. The molecule has 4 amide bonds. The number of carbonyl (C=O) groups excluding carboxylic acids is 3. The molecule has 3 fully saturated rings. The number of likely N-dealkylation sites (tertiary alicyclic amines) is 1. The topological polar surface area (TPSA) is 78.5 Å². The van der Waals surface area contributed by atoms with Crippen molar-refractivity contribution in [3.8, 4) is 0 Å². The van der Waals surface area contributed by atoms with Gasteiger partial charge in [-0.3, -0.25) is 14.9 Å². The van der Waals surface area contributed by atoms with Crippen molar-refractivity contribution in [2.24, 2.45) is 0 Å². The summed E-state index contributed by atoms with van der Waals surface area (Å²) >= 11 is 1.50. The van der Waals surface area contributed by atoms with Crippen molar-refractivity contribution in [2.45, 2.75) is 37.1 Å². The van der Waals surface area contributed by atoms with Crippen LogP contribution in [0.2, 0.25) is 0 Å². The van der Waals surface area contributed by atoms with Crippen molar-refractivity contribution in [3.05, 3.63) is 21.9 Å². The van der Waals surface area contributed by atoms with Crippen molar-refractivity contribution < 1.29 is 14.4 Å². The molecule has 1 aromatic rings. The minimum atomic E-state index is -0.817. The largest absolute Gasteiger partial charge is 0.338 e. The maximum atomic E-state index is 12.7. The highest BCUT2D eigenvalue weighted by Gasteiger charge is 2.48. The van der Waals surface area contributed by atoms with Gasteiger partial charge in [-0.05, 0) is 48.6 Å². The number of hydrogen-bond acceptors (Lipinski definition) is 4. The van der Waals surface area contributed by atoms with Gasteiger partial charge in [-0.1, -0.05) is 0 Å². The fraction of sp³-hybridized carbons (Fsp3) is 0.533. The van der Waals surface area contributed by atoms with Crippen LogP contribution in [0.3, 0.4) is 0 Å². The fourth-order valence-electron chi connectivity index (χ4n) is 3.32. The molecule has 4 rings (SSSR count). The third-order valence-electron chi connectivity index (χ3n) is 4.83. The Hall–Kier alpha value is -1.89. The maximum absolute atomic E-state index is 12.7. The molecule has 2 saturated heterocycles. The van der Waals surface area contributed by atoms with E-state index in [2.05, 4.69) is 16.7 Å². The van der Waals surface area contributed by atoms with E-state index in [1.807, 2.05) is 5.38 Å². The quantitative estimate of drug-likeness (QED) is 0.810. The van der Waals surface area contributed by atoms with Crippen LogP contribution in [0, 0.1) is 0 Å². The predicted octanol–water partition coefficient (Wildman–Crippen LogP) is 1.44. The van der Waals surface area contributed by atoms with Gasteiger partial charge in [-0.25, -0.2) is 4.79 Å². The van der Waals surface area contributed by atoms with Crippen molar-refractivity contribution in [3.63, 3.8) is 0 Å². The fourth-order valence-corrected chi connectivity index (χ4v) is 4.28. The first-order chi connectivity index (χ1) is 10.6. The number of carbonyl (C=O) groups is 3. The summed E-state index contributed by atoms with van der Waals surface area (Å²) in [5, 5.41) is 6.99. The Morgan fingerprint density at radius 1 is 1.27 bits per heavy atom. The molecule has 1 aliphatic carbocycles. The van der Waals surface area contributed by atoms with E-state index in [9.17, 15) is 14.4 Å². The van der Waals surface area contributed by atoms with Crippen LogP contribution < -0.4 is 10.6 Å². The highest BCUT2D eigenvalue weighted by molar-refractivity contribution is 7.12. The van der Waals surface area contributed by atoms with Gasteiger partial charge in [0.15, 0.2) is 0 Å². The summed E-state index contributed by atoms with van der Waals surface area (Å²) in [5.74, 6) is 0.358. The first-order valence-corrected chi connectivity index (χ1v) is 8.47. The van der Waals surface area contributed by atoms with E-state index < -0.39 is 11.6 Å². The Balaban J connectivity index is 1.47. The summed E-state index contributed by atoms with van der Waals surface area (Å²) in [4.78, 5) is 38.6. The van der Waals surface area contributed by atoms with Crippen molar-refractivity contribution >= 4 is 29.2 Å². The second-order valence-electron chi connectivity index (χ2n) is 6.26. The molecule has 0 aromatic carbocycles. The summed E-state index contributed by atoms with van der Waals surface area (Å²) in [6, 6.07) is 1.63. The standard InChI is InChI=1S/C15H17N3O3S/c19-12(11-10(3-8-22-11)9-1-2-9)18-6-4-15(5-7-18)13(20)16-14(21)17-15/h3,8-9H,1-2,4-7H2,(H2,16,17,20,21). The lowest BCUT2D eigenvalue weighted by molar-refractivity contribution is -0.125. The van der Waals surface area contributed by atoms with E-state index in [1.54, 1.807) is 4.90 Å². The van der Waals surface area contributed by atoms with Crippen LogP contribution in [0.5, 0.6) is 0 Å². The number of imide groups is 1. The van der Waals surface area contributed by atoms with Crippen LogP contribution in [0.25, 0.3) is 0 Å². The summed E-state index contributed by atoms with van der Waals surface area (Å²) < 4.78 is 0. The van der Waals surface area contributed by atoms with Crippen LogP contribution >= 0.6 is 11.3 Å². The molecule has 7 heteroatoms. The zero-order chi connectivity index (χ0) is 15.3. The number of amides is 4. The minimum absolute atomic E-state index is 0.0662. The molecule has 3 heterocycles. The Morgan fingerprint density at radius 3 is 2.59 bits per heavy atom. The molecule has 6 nitrogen and oxygen atoms in total. The van der Waals surface area contributed by atoms with Crippen molar-refractivity contribution in [2.75, 3.05) is 13.1 Å². The van der Waals surface area contributed by atoms with E-state index in [0.29, 0.717) is 31.8 Å². The molecule has 2 N–H and O–H groups in total. The Labute approximate surface area is 131 Å². The highest BCUT2D eigenvalue weighted by Crippen LogP contribution is 2.43. The molecule has 0 unspecified atom stereocenters. The van der Waals surface area contributed by atoms with Gasteiger partial charge in [0.05, 0.1) is 4.88 Å². The van der Waals surface area contributed by atoms with Gasteiger partial charge in [-0.2, -0.15) is 0 Å². The molecular weight excluding hydrogens is 302 g/mol. The molecule has 0 bridgehead atoms. The van der Waals surface area contributed by atoms with Crippen molar-refractivity contribution in [1.82, 2.24) is 15.5 Å². The normalized spacial score (nSPS) is 23.5. The Bertz CT molecular complexity index is 657. The Kier molecular flexibility index (Phi) is 3.00. The van der Waals surface area contributed by atoms with Gasteiger partial charge in [0, 0.05) is 13.1 Å². The number of nitrogens with zero attached hydrogens (tertiary/aromatic N) is 1. The van der Waals surface area contributed by atoms with Gasteiger partial charge in [0.1, 0.15) is 5.54 Å². The predicted molar refractivity (Wildman–Crippen MR) is 80.8 cm³/mol. The average Bonchev–Trinajstić information content (AvgIpc) is 3.16. The van der Waals surface area contributed by atoms with Gasteiger partial charge >= 0.3 is 6.03 Å². The first-order valence-electron chi connectivity index (χ1n) is 7.59. The zero-order valence-electron chi connectivity index (χ0n) is 12.1. The van der Waals surface area contributed by atoms with Gasteiger partial charge in [0.2, 0.25) is 0 Å². The number of thiophene rings is 1. The monoisotopic (exact) mass is 319 g/mol. The van der Waals surface area contributed by atoms with E-state index in [-0.39, 0.29) is 11.8 Å². The summed E-state index contributed by atoms with van der Waals surface area (Å²) in [5.41, 5.74) is 0.366. The Morgan fingerprint density at radius 2 is 2.00 bits per heavy atom. The molecule has 1 aromatic heterocycles. The number of urea groups is 1. The van der Waals surface area contributed by atoms with Crippen LogP contribution in [-0.4, -0.2) is 41.4 Å². The van der Waals surface area contributed by atoms with Gasteiger partial charge in [0.25, 0.3) is 11.8 Å². The van der Waals surface area contributed by atoms with Crippen LogP contribution in [-0.2, 0) is 4.79 Å². The third-order valence-corrected chi connectivity index (χ3v) is 5.74. The van der Waals surface area contributed by atoms with Gasteiger partial charge in [-0.15, -0.1) is 11.3 Å². The third kappa shape index (κ3) is 2.11. The number of piperidine rings is 1. The lowest BCUT2D eigenvalue weighted by atomic mass is 9.87. The van der Waals surface area contributed by atoms with Gasteiger partial charge < -0.3 is 10.2 Å². The summed E-state index contributed by atoms with van der Waals surface area (Å²) in [6.45, 7) is 0.989. The zero-order valence-corrected chi connectivity index (χ0v) is 12.9. The molecule has 0 atom stereocenters. The summed E-state index contributed by atoms with van der Waals surface area (Å²) in [7, 11) is 0. The molecule has 0 radical (unpaired) electrons. The van der Waals surface area contributed by atoms with E-state index in [4.69, 9.17) is 0 Å². The first kappa shape index (κ1) is 13.8. The van der Waals surface area contributed by atoms with Crippen molar-refractivity contribution in [1.29, 1.82) is 0 Å². The molecular formula is C15H17N3O3S. The number of rotatable bonds is 2. The van der Waals surface area contributed by atoms with E-state index in [0.717, 1.165) is 4.88 Å². The molecule has 1 spiro atoms. The smallest absolute Gasteiger partial charge is 0.322 e. The van der Waals surface area contributed by atoms with E-state index >= 15 is 0 Å². The number of nitrogens with one attached hydrogen (secondary N) is 2. The highest BCUT2D eigenvalue weighted by atomic mass is 32.1. The lowest BCUT2D eigenvalue weighted by Gasteiger charge is -2.36. The van der Waals surface area contributed by atoms with Crippen LogP contribution in [0.15, 0.2) is 11.4 Å². The lowest BCUT2D eigenvalue weighted by Crippen LogP contribution is -2.55. The SMILES string of the molecule is O=C1NC(=O)C2(CCN(C(=O)c3sccc3C3CC3)CC2)N1. The second-order valence-corrected chi connectivity index (χ2v) is 7.18. The van der Waals surface area contributed by atoms with E-state index in [1.165, 1.54) is 29.7 Å². The molecule has 2 aliphatic heterocycles. The molecule has 1 saturated carbocycles. The maximum Gasteiger partial charge on any atom is 0.322 e. The molecule has 22 heavy (non-hydrogen) atoms.